The van der Waals surface area contributed by atoms with Gasteiger partial charge in [-0.05, 0) is 25.1 Å². The molecule has 0 aliphatic carbocycles. The van der Waals surface area contributed by atoms with Crippen LogP contribution in [0.4, 0.5) is 0 Å². The van der Waals surface area contributed by atoms with Crippen molar-refractivity contribution in [2.45, 2.75) is 6.92 Å². The third-order valence-electron chi connectivity index (χ3n) is 3.88. The number of nitrogens with zero attached hydrogens (tertiary/aromatic N) is 4. The molecular weight excluding hydrogens is 379 g/mol. The van der Waals surface area contributed by atoms with Gasteiger partial charge in [-0.1, -0.05) is 23.2 Å². The number of benzene rings is 1. The van der Waals surface area contributed by atoms with Crippen LogP contribution in [0.25, 0.3) is 28.5 Å². The molecule has 3 aromatic heterocycles. The quantitative estimate of drug-likeness (QED) is 0.560. The molecule has 0 amide bonds. The van der Waals surface area contributed by atoms with Gasteiger partial charge in [0.05, 0.1) is 22.6 Å². The normalized spacial score (nSPS) is 11.2. The van der Waals surface area contributed by atoms with E-state index in [9.17, 15) is 9.90 Å². The molecule has 26 heavy (non-hydrogen) atoms. The molecule has 130 valence electrons. The minimum atomic E-state index is -1.12. The van der Waals surface area contributed by atoms with Crippen molar-refractivity contribution in [3.63, 3.8) is 0 Å². The highest BCUT2D eigenvalue weighted by molar-refractivity contribution is 6.36. The number of rotatable bonds is 3. The van der Waals surface area contributed by atoms with Crippen molar-refractivity contribution in [1.29, 1.82) is 0 Å². The molecule has 0 aliphatic heterocycles. The number of carboxylic acids is 1. The van der Waals surface area contributed by atoms with Crippen molar-refractivity contribution in [3.05, 3.63) is 58.3 Å². The van der Waals surface area contributed by atoms with E-state index < -0.39 is 5.97 Å². The second-order valence-corrected chi connectivity index (χ2v) is 6.36. The Labute approximate surface area is 156 Å². The summed E-state index contributed by atoms with van der Waals surface area (Å²) < 4.78 is 6.84. The van der Waals surface area contributed by atoms with E-state index in [-0.39, 0.29) is 5.56 Å². The molecule has 0 bridgehead atoms. The SMILES string of the molecule is Cc1nc2nc(-c3cnco3)cn2c(-c2ccc(Cl)cc2Cl)c1C(=O)O. The Balaban J connectivity index is 2.10. The number of imidazole rings is 1. The molecule has 9 heteroatoms. The number of oxazole rings is 1. The number of aromatic carboxylic acids is 1. The zero-order valence-electron chi connectivity index (χ0n) is 13.3. The van der Waals surface area contributed by atoms with Crippen LogP contribution in [-0.2, 0) is 0 Å². The van der Waals surface area contributed by atoms with Crippen molar-refractivity contribution in [2.24, 2.45) is 0 Å². The molecule has 4 rings (SSSR count). The van der Waals surface area contributed by atoms with E-state index in [1.54, 1.807) is 35.7 Å². The van der Waals surface area contributed by atoms with E-state index in [1.165, 1.54) is 12.6 Å². The van der Waals surface area contributed by atoms with Crippen LogP contribution in [0.15, 0.2) is 41.4 Å². The fourth-order valence-electron chi connectivity index (χ4n) is 2.77. The van der Waals surface area contributed by atoms with Crippen LogP contribution in [0.5, 0.6) is 0 Å². The van der Waals surface area contributed by atoms with Crippen LogP contribution in [0, 0.1) is 6.92 Å². The third kappa shape index (κ3) is 2.61. The van der Waals surface area contributed by atoms with E-state index in [2.05, 4.69) is 15.0 Å². The zero-order valence-corrected chi connectivity index (χ0v) is 14.8. The maximum absolute atomic E-state index is 11.9. The molecule has 3 heterocycles. The first-order chi connectivity index (χ1) is 12.5. The fraction of sp³-hybridized carbons (Fsp3) is 0.0588. The van der Waals surface area contributed by atoms with Crippen molar-refractivity contribution >= 4 is 34.9 Å². The Morgan fingerprint density at radius 2 is 2.08 bits per heavy atom. The minimum absolute atomic E-state index is 0.0308. The number of aryl methyl sites for hydroxylation is 1. The Kier molecular flexibility index (Phi) is 3.90. The lowest BCUT2D eigenvalue weighted by Gasteiger charge is -2.13. The second kappa shape index (κ2) is 6.12. The summed E-state index contributed by atoms with van der Waals surface area (Å²) in [5.74, 6) is -0.356. The van der Waals surface area contributed by atoms with Crippen LogP contribution < -0.4 is 0 Å². The molecule has 4 aromatic rings. The van der Waals surface area contributed by atoms with Gasteiger partial charge in [-0.15, -0.1) is 0 Å². The average molecular weight is 389 g/mol. The lowest BCUT2D eigenvalue weighted by molar-refractivity contribution is 0.0696. The topological polar surface area (TPSA) is 93.5 Å². The van der Waals surface area contributed by atoms with Crippen LogP contribution in [0.3, 0.4) is 0 Å². The van der Waals surface area contributed by atoms with Gasteiger partial charge in [-0.3, -0.25) is 4.40 Å². The van der Waals surface area contributed by atoms with Gasteiger partial charge in [-0.25, -0.2) is 19.7 Å². The molecular formula is C17H10Cl2N4O3. The van der Waals surface area contributed by atoms with Gasteiger partial charge in [-0.2, -0.15) is 0 Å². The molecule has 1 N–H and O–H groups in total. The highest BCUT2D eigenvalue weighted by atomic mass is 35.5. The summed E-state index contributed by atoms with van der Waals surface area (Å²) in [4.78, 5) is 24.5. The first-order valence-electron chi connectivity index (χ1n) is 7.43. The summed E-state index contributed by atoms with van der Waals surface area (Å²) in [7, 11) is 0. The van der Waals surface area contributed by atoms with Gasteiger partial charge < -0.3 is 9.52 Å². The van der Waals surface area contributed by atoms with E-state index in [0.717, 1.165) is 0 Å². The summed E-state index contributed by atoms with van der Waals surface area (Å²) in [5, 5.41) is 10.5. The molecule has 0 spiro atoms. The van der Waals surface area contributed by atoms with Crippen molar-refractivity contribution in [3.8, 4) is 22.7 Å². The molecule has 0 radical (unpaired) electrons. The van der Waals surface area contributed by atoms with Gasteiger partial charge in [0.25, 0.3) is 0 Å². The van der Waals surface area contributed by atoms with Gasteiger partial charge in [0, 0.05) is 16.8 Å². The highest BCUT2D eigenvalue weighted by Gasteiger charge is 2.23. The Morgan fingerprint density at radius 1 is 1.27 bits per heavy atom. The summed E-state index contributed by atoms with van der Waals surface area (Å²) >= 11 is 12.3. The monoisotopic (exact) mass is 388 g/mol. The number of carboxylic acid groups (broad SMARTS) is 1. The number of fused-ring (bicyclic) bond motifs is 1. The number of hydrogen-bond acceptors (Lipinski definition) is 5. The molecule has 7 nitrogen and oxygen atoms in total. The largest absolute Gasteiger partial charge is 0.478 e. The van der Waals surface area contributed by atoms with Crippen LogP contribution in [0.1, 0.15) is 16.1 Å². The average Bonchev–Trinajstić information content (AvgIpc) is 3.22. The summed E-state index contributed by atoms with van der Waals surface area (Å²) in [6.07, 6.45) is 4.44. The second-order valence-electron chi connectivity index (χ2n) is 5.51. The van der Waals surface area contributed by atoms with Crippen LogP contribution >= 0.6 is 23.2 Å². The van der Waals surface area contributed by atoms with Gasteiger partial charge >= 0.3 is 5.97 Å². The van der Waals surface area contributed by atoms with E-state index in [0.29, 0.717) is 44.2 Å². The molecule has 1 aromatic carbocycles. The predicted octanol–water partition coefficient (Wildman–Crippen LogP) is 4.36. The van der Waals surface area contributed by atoms with E-state index in [1.807, 2.05) is 0 Å². The molecule has 0 saturated carbocycles. The lowest BCUT2D eigenvalue weighted by Crippen LogP contribution is -2.10. The maximum Gasteiger partial charge on any atom is 0.339 e. The number of aromatic nitrogens is 4. The van der Waals surface area contributed by atoms with E-state index in [4.69, 9.17) is 27.6 Å². The molecule has 0 atom stereocenters. The van der Waals surface area contributed by atoms with Crippen molar-refractivity contribution in [2.75, 3.05) is 0 Å². The van der Waals surface area contributed by atoms with Gasteiger partial charge in [0.1, 0.15) is 11.3 Å². The number of hydrogen-bond donors (Lipinski definition) is 1. The zero-order chi connectivity index (χ0) is 18.4. The summed E-state index contributed by atoms with van der Waals surface area (Å²) in [5.41, 5.74) is 1.69. The third-order valence-corrected chi connectivity index (χ3v) is 4.43. The molecule has 0 saturated heterocycles. The number of halogens is 2. The van der Waals surface area contributed by atoms with Gasteiger partial charge in [0.2, 0.25) is 5.78 Å². The molecule has 0 fully saturated rings. The summed E-state index contributed by atoms with van der Waals surface area (Å²) in [6.45, 7) is 1.61. The number of carbonyl (C=O) groups is 1. The fourth-order valence-corrected chi connectivity index (χ4v) is 3.27. The lowest BCUT2D eigenvalue weighted by atomic mass is 10.0. The smallest absolute Gasteiger partial charge is 0.339 e. The highest BCUT2D eigenvalue weighted by Crippen LogP contribution is 2.34. The van der Waals surface area contributed by atoms with Crippen molar-refractivity contribution in [1.82, 2.24) is 19.4 Å². The van der Waals surface area contributed by atoms with Crippen LogP contribution in [-0.4, -0.2) is 30.4 Å². The van der Waals surface area contributed by atoms with Gasteiger partial charge in [0.15, 0.2) is 12.2 Å². The maximum atomic E-state index is 11.9. The Hall–Kier alpha value is -2.90. The molecule has 0 unspecified atom stereocenters. The van der Waals surface area contributed by atoms with Crippen LogP contribution in [0.2, 0.25) is 10.0 Å². The molecule has 0 aliphatic rings. The summed E-state index contributed by atoms with van der Waals surface area (Å²) in [6, 6.07) is 4.86. The standard InChI is InChI=1S/C17H10Cl2N4O3/c1-8-14(16(24)25)15(10-3-2-9(18)4-11(10)19)23-6-12(22-17(23)21-8)13-5-20-7-26-13/h2-7H,1H3,(H,24,25). The predicted molar refractivity (Wildman–Crippen MR) is 95.6 cm³/mol. The van der Waals surface area contributed by atoms with E-state index >= 15 is 0 Å². The minimum Gasteiger partial charge on any atom is -0.478 e. The first-order valence-corrected chi connectivity index (χ1v) is 8.18. The Bertz CT molecular complexity index is 1150. The first kappa shape index (κ1) is 16.6. The van der Waals surface area contributed by atoms with Crippen molar-refractivity contribution < 1.29 is 14.3 Å². The Morgan fingerprint density at radius 3 is 2.73 bits per heavy atom.